The average Bonchev–Trinajstić information content (AvgIpc) is 1.90. The van der Waals surface area contributed by atoms with Gasteiger partial charge >= 0.3 is 5.97 Å². The first kappa shape index (κ1) is 12.5. The summed E-state index contributed by atoms with van der Waals surface area (Å²) in [7, 11) is 0. The van der Waals surface area contributed by atoms with Gasteiger partial charge < -0.3 is 4.74 Å². The molecule has 0 heterocycles. The van der Waals surface area contributed by atoms with E-state index in [0.717, 1.165) is 6.08 Å². The van der Waals surface area contributed by atoms with Crippen LogP contribution in [-0.2, 0) is 9.53 Å². The van der Waals surface area contributed by atoms with Crippen molar-refractivity contribution in [2.75, 3.05) is 11.9 Å². The van der Waals surface area contributed by atoms with E-state index >= 15 is 0 Å². The van der Waals surface area contributed by atoms with E-state index in [-0.39, 0.29) is 11.3 Å². The lowest BCUT2D eigenvalue weighted by Gasteiger charge is -1.90. The molecule has 0 aromatic heterocycles. The average molecular weight is 185 g/mol. The minimum atomic E-state index is -0.359. The molecule has 2 nitrogen and oxygen atoms in total. The van der Waals surface area contributed by atoms with Crippen molar-refractivity contribution < 1.29 is 9.53 Å². The molecule has 0 fully saturated rings. The Hall–Kier alpha value is -0.210. The van der Waals surface area contributed by atoms with Gasteiger partial charge in [0.15, 0.2) is 0 Å². The van der Waals surface area contributed by atoms with Crippen LogP contribution in [-0.4, -0.2) is 17.9 Å². The zero-order valence-corrected chi connectivity index (χ0v) is 7.28. The van der Waals surface area contributed by atoms with Crippen molar-refractivity contribution in [2.24, 2.45) is 0 Å². The number of carbonyl (C=O) groups excluding carboxylic acids is 1. The van der Waals surface area contributed by atoms with Gasteiger partial charge in [0, 0.05) is 6.08 Å². The number of hydrogen-bond acceptors (Lipinski definition) is 2. The summed E-state index contributed by atoms with van der Waals surface area (Å²) in [5.41, 5.74) is 0. The predicted octanol–water partition coefficient (Wildman–Crippen LogP) is 2.16. The standard InChI is InChI=1S/C5H8O2.CH2Cl2/c1-3-5(6)7-4-2;2-1-3/h3H,1,4H2,2H3;1H2. The van der Waals surface area contributed by atoms with Crippen LogP contribution in [0.3, 0.4) is 0 Å². The lowest BCUT2D eigenvalue weighted by atomic mass is 10.6. The van der Waals surface area contributed by atoms with Crippen molar-refractivity contribution in [3.05, 3.63) is 12.7 Å². The van der Waals surface area contributed by atoms with Crippen LogP contribution in [0.1, 0.15) is 6.92 Å². The highest BCUT2D eigenvalue weighted by Gasteiger charge is 1.86. The number of esters is 1. The Kier molecular flexibility index (Phi) is 14.4. The summed E-state index contributed by atoms with van der Waals surface area (Å²) in [5, 5.41) is 0.194. The number of alkyl halides is 2. The molecule has 0 aliphatic carbocycles. The van der Waals surface area contributed by atoms with Crippen LogP contribution in [0.15, 0.2) is 12.7 Å². The van der Waals surface area contributed by atoms with Crippen LogP contribution >= 0.6 is 23.2 Å². The van der Waals surface area contributed by atoms with Gasteiger partial charge in [-0.1, -0.05) is 6.58 Å². The number of rotatable bonds is 2. The third-order valence-corrected chi connectivity index (χ3v) is 0.453. The van der Waals surface area contributed by atoms with E-state index in [2.05, 4.69) is 11.3 Å². The van der Waals surface area contributed by atoms with E-state index in [1.165, 1.54) is 0 Å². The molecule has 0 saturated heterocycles. The Morgan fingerprint density at radius 1 is 1.70 bits per heavy atom. The third kappa shape index (κ3) is 15.7. The lowest BCUT2D eigenvalue weighted by Crippen LogP contribution is -1.97. The maximum Gasteiger partial charge on any atom is 0.330 e. The lowest BCUT2D eigenvalue weighted by molar-refractivity contribution is -0.137. The highest BCUT2D eigenvalue weighted by atomic mass is 35.5. The largest absolute Gasteiger partial charge is 0.463 e. The first-order valence-corrected chi connectivity index (χ1v) is 3.70. The molecule has 4 heteroatoms. The van der Waals surface area contributed by atoms with Gasteiger partial charge in [0.1, 0.15) is 0 Å². The quantitative estimate of drug-likeness (QED) is 0.374. The second-order valence-electron chi connectivity index (χ2n) is 1.06. The van der Waals surface area contributed by atoms with Crippen LogP contribution in [0, 0.1) is 0 Å². The SMILES string of the molecule is C=CC(=O)OCC.ClCCl. The monoisotopic (exact) mass is 184 g/mol. The van der Waals surface area contributed by atoms with E-state index in [4.69, 9.17) is 23.2 Å². The number of carbonyl (C=O) groups is 1. The number of ether oxygens (including phenoxy) is 1. The Morgan fingerprint density at radius 2 is 2.10 bits per heavy atom. The van der Waals surface area contributed by atoms with Crippen molar-refractivity contribution in [3.63, 3.8) is 0 Å². The molecular weight excluding hydrogens is 175 g/mol. The number of hydrogen-bond donors (Lipinski definition) is 0. The van der Waals surface area contributed by atoms with Crippen molar-refractivity contribution >= 4 is 29.2 Å². The molecule has 0 aliphatic rings. The Bertz CT molecular complexity index is 93.7. The van der Waals surface area contributed by atoms with E-state index in [0.29, 0.717) is 6.61 Å². The van der Waals surface area contributed by atoms with Gasteiger partial charge in [0.2, 0.25) is 0 Å². The fourth-order valence-corrected chi connectivity index (χ4v) is 0.201. The van der Waals surface area contributed by atoms with Gasteiger partial charge in [-0.2, -0.15) is 0 Å². The predicted molar refractivity (Wildman–Crippen MR) is 43.4 cm³/mol. The molecular formula is C6H10Cl2O2. The van der Waals surface area contributed by atoms with E-state index in [9.17, 15) is 4.79 Å². The summed E-state index contributed by atoms with van der Waals surface area (Å²) < 4.78 is 4.43. The first-order valence-electron chi connectivity index (χ1n) is 2.64. The topological polar surface area (TPSA) is 26.3 Å². The van der Waals surface area contributed by atoms with Gasteiger partial charge in [-0.3, -0.25) is 0 Å². The Labute approximate surface area is 70.8 Å². The highest BCUT2D eigenvalue weighted by molar-refractivity contribution is 6.40. The molecule has 0 atom stereocenters. The highest BCUT2D eigenvalue weighted by Crippen LogP contribution is 1.74. The van der Waals surface area contributed by atoms with Crippen molar-refractivity contribution in [2.45, 2.75) is 6.92 Å². The summed E-state index contributed by atoms with van der Waals surface area (Å²) in [6.07, 6.45) is 1.14. The molecule has 0 aliphatic heterocycles. The normalized spacial score (nSPS) is 7.10. The molecule has 0 aromatic rings. The van der Waals surface area contributed by atoms with Crippen LogP contribution < -0.4 is 0 Å². The zero-order chi connectivity index (χ0) is 8.41. The molecule has 0 saturated carbocycles. The van der Waals surface area contributed by atoms with Gasteiger partial charge in [0.25, 0.3) is 0 Å². The molecule has 0 radical (unpaired) electrons. The van der Waals surface area contributed by atoms with Gasteiger partial charge in [-0.05, 0) is 6.92 Å². The first-order chi connectivity index (χ1) is 4.72. The maximum absolute atomic E-state index is 10.1. The summed E-state index contributed by atoms with van der Waals surface area (Å²) in [6, 6.07) is 0. The minimum Gasteiger partial charge on any atom is -0.463 e. The molecule has 0 rings (SSSR count). The fourth-order valence-electron chi connectivity index (χ4n) is 0.201. The molecule has 0 bridgehead atoms. The second-order valence-corrected chi connectivity index (χ2v) is 1.87. The van der Waals surface area contributed by atoms with Crippen LogP contribution in [0.5, 0.6) is 0 Å². The van der Waals surface area contributed by atoms with E-state index in [1.54, 1.807) is 6.92 Å². The molecule has 0 unspecified atom stereocenters. The van der Waals surface area contributed by atoms with Crippen LogP contribution in [0.25, 0.3) is 0 Å². The fraction of sp³-hybridized carbons (Fsp3) is 0.500. The Morgan fingerprint density at radius 3 is 2.20 bits per heavy atom. The van der Waals surface area contributed by atoms with Gasteiger partial charge in [-0.25, -0.2) is 4.79 Å². The minimum absolute atomic E-state index is 0.194. The molecule has 10 heavy (non-hydrogen) atoms. The summed E-state index contributed by atoms with van der Waals surface area (Å²) in [6.45, 7) is 5.38. The molecule has 0 aromatic carbocycles. The zero-order valence-electron chi connectivity index (χ0n) is 5.77. The molecule has 60 valence electrons. The summed E-state index contributed by atoms with van der Waals surface area (Å²) in [5.74, 6) is -0.359. The molecule has 0 spiro atoms. The Balaban J connectivity index is 0. The summed E-state index contributed by atoms with van der Waals surface area (Å²) in [4.78, 5) is 10.1. The smallest absolute Gasteiger partial charge is 0.330 e. The van der Waals surface area contributed by atoms with Crippen LogP contribution in [0.4, 0.5) is 0 Å². The third-order valence-electron chi connectivity index (χ3n) is 0.453. The maximum atomic E-state index is 10.1. The van der Waals surface area contributed by atoms with Crippen LogP contribution in [0.2, 0.25) is 0 Å². The van der Waals surface area contributed by atoms with Crippen molar-refractivity contribution in [1.29, 1.82) is 0 Å². The van der Waals surface area contributed by atoms with Gasteiger partial charge in [0.05, 0.1) is 11.9 Å². The summed E-state index contributed by atoms with van der Waals surface area (Å²) >= 11 is 9.53. The second kappa shape index (κ2) is 11.6. The molecule has 0 amide bonds. The van der Waals surface area contributed by atoms with Crippen molar-refractivity contribution in [1.82, 2.24) is 0 Å². The van der Waals surface area contributed by atoms with Gasteiger partial charge in [-0.15, -0.1) is 23.2 Å². The van der Waals surface area contributed by atoms with Crippen molar-refractivity contribution in [3.8, 4) is 0 Å². The number of halogens is 2. The molecule has 0 N–H and O–H groups in total. The van der Waals surface area contributed by atoms with E-state index < -0.39 is 0 Å². The van der Waals surface area contributed by atoms with E-state index in [1.807, 2.05) is 0 Å².